The van der Waals surface area contributed by atoms with Crippen LogP contribution in [0.25, 0.3) is 0 Å². The summed E-state index contributed by atoms with van der Waals surface area (Å²) in [5.41, 5.74) is 0. The van der Waals surface area contributed by atoms with Crippen LogP contribution in [0.1, 0.15) is 19.8 Å². The van der Waals surface area contributed by atoms with Gasteiger partial charge in [0.2, 0.25) is 0 Å². The van der Waals surface area contributed by atoms with E-state index in [-0.39, 0.29) is 12.8 Å². The molecule has 0 amide bonds. The van der Waals surface area contributed by atoms with Crippen LogP contribution in [0.4, 0.5) is 13.2 Å². The Kier molecular flexibility index (Phi) is 2.59. The third-order valence-electron chi connectivity index (χ3n) is 4.48. The number of hydrogen-bond acceptors (Lipinski definition) is 4. The van der Waals surface area contributed by atoms with Gasteiger partial charge in [-0.1, -0.05) is 6.92 Å². The first-order valence-electron chi connectivity index (χ1n) is 6.31. The van der Waals surface area contributed by atoms with Crippen LogP contribution < -0.4 is 0 Å². The molecule has 2 saturated carbocycles. The van der Waals surface area contributed by atoms with Gasteiger partial charge >= 0.3 is 18.1 Å². The topological polar surface area (TPSA) is 52.6 Å². The number of ether oxygens (including phenoxy) is 2. The van der Waals surface area contributed by atoms with Gasteiger partial charge in [0.1, 0.15) is 12.2 Å². The second-order valence-electron chi connectivity index (χ2n) is 5.37. The summed E-state index contributed by atoms with van der Waals surface area (Å²) in [4.78, 5) is 22.9. The zero-order valence-electron chi connectivity index (χ0n) is 10.1. The third kappa shape index (κ3) is 1.66. The fourth-order valence-corrected chi connectivity index (χ4v) is 3.83. The molecule has 7 heteroatoms. The van der Waals surface area contributed by atoms with Gasteiger partial charge in [0.05, 0.1) is 11.8 Å². The summed E-state index contributed by atoms with van der Waals surface area (Å²) in [6, 6.07) is 0. The number of carbonyl (C=O) groups excluding carboxylic acids is 2. The average molecular weight is 278 g/mol. The Hall–Kier alpha value is -1.27. The molecule has 3 fully saturated rings. The summed E-state index contributed by atoms with van der Waals surface area (Å²) >= 11 is 0. The minimum Gasteiger partial charge on any atom is -0.458 e. The lowest BCUT2D eigenvalue weighted by Crippen LogP contribution is -2.45. The number of halogens is 3. The van der Waals surface area contributed by atoms with Crippen molar-refractivity contribution in [3.8, 4) is 0 Å². The minimum absolute atomic E-state index is 0.0919. The van der Waals surface area contributed by atoms with Crippen LogP contribution in [0.3, 0.4) is 0 Å². The SMILES string of the molecule is CCC(=O)OC1C2CC3C1OC(=O)C3C2C(F)(F)F. The van der Waals surface area contributed by atoms with E-state index in [0.29, 0.717) is 0 Å². The molecule has 3 aliphatic rings. The highest BCUT2D eigenvalue weighted by Gasteiger charge is 2.73. The van der Waals surface area contributed by atoms with Crippen LogP contribution in [-0.2, 0) is 19.1 Å². The van der Waals surface area contributed by atoms with E-state index in [1.165, 1.54) is 0 Å². The number of alkyl halides is 3. The first-order valence-corrected chi connectivity index (χ1v) is 6.31. The van der Waals surface area contributed by atoms with Crippen LogP contribution in [0, 0.1) is 23.7 Å². The van der Waals surface area contributed by atoms with Crippen molar-refractivity contribution in [3.05, 3.63) is 0 Å². The van der Waals surface area contributed by atoms with Crippen molar-refractivity contribution in [2.45, 2.75) is 38.1 Å². The second kappa shape index (κ2) is 3.86. The number of fused-ring (bicyclic) bond motifs is 1. The van der Waals surface area contributed by atoms with Crippen molar-refractivity contribution in [2.24, 2.45) is 23.7 Å². The molecule has 6 unspecified atom stereocenters. The average Bonchev–Trinajstić information content (AvgIpc) is 2.90. The zero-order chi connectivity index (χ0) is 13.9. The lowest BCUT2D eigenvalue weighted by Gasteiger charge is -2.32. The van der Waals surface area contributed by atoms with E-state index in [4.69, 9.17) is 9.47 Å². The molecular weight excluding hydrogens is 265 g/mol. The van der Waals surface area contributed by atoms with Gasteiger partial charge in [-0.25, -0.2) is 0 Å². The molecular formula is C12H13F3O4. The van der Waals surface area contributed by atoms with E-state index in [1.54, 1.807) is 6.92 Å². The van der Waals surface area contributed by atoms with Gasteiger partial charge in [-0.3, -0.25) is 9.59 Å². The van der Waals surface area contributed by atoms with Crippen molar-refractivity contribution in [3.63, 3.8) is 0 Å². The Morgan fingerprint density at radius 1 is 1.42 bits per heavy atom. The Balaban J connectivity index is 1.90. The first kappa shape index (κ1) is 12.7. The standard InChI is InChI=1S/C12H13F3O4/c1-2-6(16)18-10-5-3-4-7(8(5)12(13,14)15)11(17)19-9(4)10/h4-5,7-10H,2-3H2,1H3. The second-order valence-corrected chi connectivity index (χ2v) is 5.37. The Bertz CT molecular complexity index is 433. The molecule has 106 valence electrons. The summed E-state index contributed by atoms with van der Waals surface area (Å²) in [7, 11) is 0. The smallest absolute Gasteiger partial charge is 0.393 e. The molecule has 19 heavy (non-hydrogen) atoms. The van der Waals surface area contributed by atoms with Crippen LogP contribution in [0.15, 0.2) is 0 Å². The molecule has 1 aliphatic heterocycles. The van der Waals surface area contributed by atoms with Gasteiger partial charge in [-0.05, 0) is 6.42 Å². The Morgan fingerprint density at radius 3 is 2.68 bits per heavy atom. The van der Waals surface area contributed by atoms with Crippen LogP contribution in [0.2, 0.25) is 0 Å². The van der Waals surface area contributed by atoms with E-state index in [2.05, 4.69) is 0 Å². The predicted molar refractivity (Wildman–Crippen MR) is 54.7 cm³/mol. The van der Waals surface area contributed by atoms with E-state index in [9.17, 15) is 22.8 Å². The highest BCUT2D eigenvalue weighted by Crippen LogP contribution is 2.62. The molecule has 0 radical (unpaired) electrons. The third-order valence-corrected chi connectivity index (χ3v) is 4.48. The van der Waals surface area contributed by atoms with Crippen molar-refractivity contribution < 1.29 is 32.2 Å². The molecule has 4 nitrogen and oxygen atoms in total. The molecule has 0 aromatic carbocycles. The van der Waals surface area contributed by atoms with Crippen LogP contribution in [0.5, 0.6) is 0 Å². The predicted octanol–water partition coefficient (Wildman–Crippen LogP) is 1.68. The summed E-state index contributed by atoms with van der Waals surface area (Å²) in [5, 5.41) is 0. The highest BCUT2D eigenvalue weighted by atomic mass is 19.4. The fourth-order valence-electron chi connectivity index (χ4n) is 3.83. The molecule has 0 N–H and O–H groups in total. The maximum atomic E-state index is 13.1. The molecule has 0 aromatic rings. The number of esters is 2. The van der Waals surface area contributed by atoms with E-state index >= 15 is 0 Å². The van der Waals surface area contributed by atoms with Crippen LogP contribution >= 0.6 is 0 Å². The lowest BCUT2D eigenvalue weighted by atomic mass is 9.78. The lowest BCUT2D eigenvalue weighted by molar-refractivity contribution is -0.211. The maximum Gasteiger partial charge on any atom is 0.393 e. The van der Waals surface area contributed by atoms with Gasteiger partial charge in [-0.15, -0.1) is 0 Å². The van der Waals surface area contributed by atoms with Crippen molar-refractivity contribution in [1.82, 2.24) is 0 Å². The summed E-state index contributed by atoms with van der Waals surface area (Å²) in [6.45, 7) is 1.57. The van der Waals surface area contributed by atoms with E-state index in [0.717, 1.165) is 0 Å². The monoisotopic (exact) mass is 278 g/mol. The molecule has 0 spiro atoms. The van der Waals surface area contributed by atoms with E-state index < -0.39 is 54.0 Å². The van der Waals surface area contributed by atoms with Gasteiger partial charge < -0.3 is 9.47 Å². The minimum atomic E-state index is -4.46. The summed E-state index contributed by atoms with van der Waals surface area (Å²) in [6.07, 6.45) is -5.75. The molecule has 2 bridgehead atoms. The van der Waals surface area contributed by atoms with Gasteiger partial charge in [0.15, 0.2) is 0 Å². The zero-order valence-corrected chi connectivity index (χ0v) is 10.1. The van der Waals surface area contributed by atoms with Gasteiger partial charge in [0, 0.05) is 18.3 Å². The Morgan fingerprint density at radius 2 is 2.11 bits per heavy atom. The summed E-state index contributed by atoms with van der Waals surface area (Å²) < 4.78 is 49.4. The first-order chi connectivity index (χ1) is 8.84. The van der Waals surface area contributed by atoms with Gasteiger partial charge in [-0.2, -0.15) is 13.2 Å². The van der Waals surface area contributed by atoms with E-state index in [1.807, 2.05) is 0 Å². The fraction of sp³-hybridized carbons (Fsp3) is 0.833. The normalized spacial score (nSPS) is 43.5. The quantitative estimate of drug-likeness (QED) is 0.721. The van der Waals surface area contributed by atoms with Crippen molar-refractivity contribution >= 4 is 11.9 Å². The van der Waals surface area contributed by atoms with Gasteiger partial charge in [0.25, 0.3) is 0 Å². The van der Waals surface area contributed by atoms with Crippen molar-refractivity contribution in [1.29, 1.82) is 0 Å². The number of carbonyl (C=O) groups is 2. The highest BCUT2D eigenvalue weighted by molar-refractivity contribution is 5.78. The molecule has 1 saturated heterocycles. The summed E-state index contributed by atoms with van der Waals surface area (Å²) in [5.74, 6) is -5.50. The molecule has 3 rings (SSSR count). The molecule has 6 atom stereocenters. The van der Waals surface area contributed by atoms with Crippen LogP contribution in [-0.4, -0.2) is 30.3 Å². The largest absolute Gasteiger partial charge is 0.458 e. The molecule has 1 heterocycles. The maximum absolute atomic E-state index is 13.1. The molecule has 0 aromatic heterocycles. The Labute approximate surface area is 107 Å². The number of rotatable bonds is 2. The number of hydrogen-bond donors (Lipinski definition) is 0. The molecule has 2 aliphatic carbocycles. The van der Waals surface area contributed by atoms with Crippen molar-refractivity contribution in [2.75, 3.05) is 0 Å².